The second-order valence-electron chi connectivity index (χ2n) is 9.27. The molecule has 0 fully saturated rings. The van der Waals surface area contributed by atoms with Crippen molar-refractivity contribution in [3.05, 3.63) is 80.9 Å². The summed E-state index contributed by atoms with van der Waals surface area (Å²) in [5.41, 5.74) is 11.7. The van der Waals surface area contributed by atoms with E-state index in [9.17, 15) is 0 Å². The fourth-order valence-electron chi connectivity index (χ4n) is 4.43. The van der Waals surface area contributed by atoms with Gasteiger partial charge in [0.15, 0.2) is 0 Å². The third-order valence-corrected chi connectivity index (χ3v) is 6.52. The van der Waals surface area contributed by atoms with E-state index in [0.29, 0.717) is 0 Å². The van der Waals surface area contributed by atoms with E-state index in [4.69, 9.17) is 0 Å². The Morgan fingerprint density at radius 1 is 0.647 bits per heavy atom. The summed E-state index contributed by atoms with van der Waals surface area (Å²) >= 11 is 1.74. The predicted molar refractivity (Wildman–Crippen MR) is 144 cm³/mol. The van der Waals surface area contributed by atoms with Gasteiger partial charge in [0.2, 0.25) is 0 Å². The van der Waals surface area contributed by atoms with E-state index in [1.54, 1.807) is 23.3 Å². The minimum atomic E-state index is 0. The van der Waals surface area contributed by atoms with Crippen molar-refractivity contribution in [2.45, 2.75) is 81.3 Å². The third kappa shape index (κ3) is 7.67. The van der Waals surface area contributed by atoms with Crippen LogP contribution in [0.5, 0.6) is 0 Å². The Kier molecular flexibility index (Phi) is 14.5. The molecule has 0 saturated carbocycles. The first-order valence-corrected chi connectivity index (χ1v) is 18.0. The first-order valence-electron chi connectivity index (χ1n) is 11.8. The van der Waals surface area contributed by atoms with Crippen molar-refractivity contribution in [1.82, 2.24) is 0 Å². The van der Waals surface area contributed by atoms with Gasteiger partial charge < -0.3 is 24.8 Å². The average Bonchev–Trinajstić information content (AvgIpc) is 3.21. The van der Waals surface area contributed by atoms with Gasteiger partial charge in [-0.1, -0.05) is 78.6 Å². The third-order valence-electron chi connectivity index (χ3n) is 6.52. The van der Waals surface area contributed by atoms with Crippen LogP contribution in [-0.4, -0.2) is 5.43 Å². The zero-order valence-electron chi connectivity index (χ0n) is 22.6. The number of halogens is 2. The standard InChI is InChI=1S/2C14H17.C2H6Si.2ClH.Zr/c2*1-5-12-7-6-9(2)13-8-10(3)11(4)14(12)13;1-3-2;;;/h2*6-8H,5H2,1-4H3;1-2H3;2*1H;/q2*-1;;;;+2/p-2. The first kappa shape index (κ1) is 33.3. The quantitative estimate of drug-likeness (QED) is 0.249. The van der Waals surface area contributed by atoms with E-state index in [1.807, 2.05) is 0 Å². The van der Waals surface area contributed by atoms with Crippen LogP contribution in [0.3, 0.4) is 0 Å². The SMILES string of the molecule is CCc1ccc(C)c2[cH-]c(C)c(C)c12.CCc1ccc(C)c2[cH-]c(C)c(C)c12.C[Si](C)=[Zr+2].[Cl-].[Cl-]. The van der Waals surface area contributed by atoms with Gasteiger partial charge in [-0.2, -0.15) is 11.1 Å². The topological polar surface area (TPSA) is 0 Å². The monoisotopic (exact) mass is 588 g/mol. The van der Waals surface area contributed by atoms with Crippen molar-refractivity contribution in [2.24, 2.45) is 0 Å². The number of rotatable bonds is 2. The largest absolute Gasteiger partial charge is 1.00 e. The normalized spacial score (nSPS) is 10.0. The van der Waals surface area contributed by atoms with Gasteiger partial charge in [-0.3, -0.25) is 0 Å². The van der Waals surface area contributed by atoms with Crippen molar-refractivity contribution in [2.75, 3.05) is 0 Å². The molecular formula is C30H40Cl2SiZr-2. The Morgan fingerprint density at radius 2 is 0.941 bits per heavy atom. The van der Waals surface area contributed by atoms with Crippen LogP contribution in [0.2, 0.25) is 13.1 Å². The summed E-state index contributed by atoms with van der Waals surface area (Å²) in [7, 11) is 0. The Balaban J connectivity index is 0.000000528. The number of aryl methyl sites for hydroxylation is 8. The van der Waals surface area contributed by atoms with Crippen LogP contribution in [0.4, 0.5) is 0 Å². The summed E-state index contributed by atoms with van der Waals surface area (Å²) in [6, 6.07) is 13.6. The number of hydrogen-bond donors (Lipinski definition) is 0. The first-order chi connectivity index (χ1) is 15.0. The van der Waals surface area contributed by atoms with Crippen molar-refractivity contribution in [3.8, 4) is 0 Å². The molecule has 4 aromatic carbocycles. The summed E-state index contributed by atoms with van der Waals surface area (Å²) in [4.78, 5) is 0. The molecule has 0 radical (unpaired) electrons. The van der Waals surface area contributed by atoms with Crippen LogP contribution in [-0.2, 0) is 36.2 Å². The van der Waals surface area contributed by atoms with Crippen molar-refractivity contribution < 1.29 is 48.1 Å². The zero-order valence-corrected chi connectivity index (χ0v) is 27.6. The smallest absolute Gasteiger partial charge is 1.00 e. The minimum Gasteiger partial charge on any atom is -1.00 e. The Labute approximate surface area is 235 Å². The van der Waals surface area contributed by atoms with Gasteiger partial charge >= 0.3 is 41.9 Å². The molecule has 0 amide bonds. The minimum absolute atomic E-state index is 0. The number of benzene rings is 2. The molecule has 0 bridgehead atoms. The molecule has 4 rings (SSSR count). The molecule has 0 saturated heterocycles. The fourth-order valence-corrected chi connectivity index (χ4v) is 4.43. The van der Waals surface area contributed by atoms with E-state index in [0.717, 1.165) is 12.8 Å². The molecule has 0 aromatic heterocycles. The summed E-state index contributed by atoms with van der Waals surface area (Å²) in [5, 5.41) is 5.87. The van der Waals surface area contributed by atoms with E-state index >= 15 is 0 Å². The second-order valence-corrected chi connectivity index (χ2v) is 18.6. The van der Waals surface area contributed by atoms with Crippen LogP contribution in [0, 0.1) is 41.5 Å². The van der Waals surface area contributed by atoms with E-state index < -0.39 is 0 Å². The zero-order chi connectivity index (χ0) is 24.2. The van der Waals surface area contributed by atoms with Crippen molar-refractivity contribution in [1.29, 1.82) is 0 Å². The van der Waals surface area contributed by atoms with Crippen LogP contribution < -0.4 is 24.8 Å². The van der Waals surface area contributed by atoms with Crippen LogP contribution in [0.25, 0.3) is 21.5 Å². The molecule has 0 nitrogen and oxygen atoms in total. The summed E-state index contributed by atoms with van der Waals surface area (Å²) in [6.07, 6.45) is 2.25. The van der Waals surface area contributed by atoms with Gasteiger partial charge in [0.05, 0.1) is 0 Å². The molecule has 4 aromatic rings. The van der Waals surface area contributed by atoms with Gasteiger partial charge in [0.1, 0.15) is 0 Å². The maximum absolute atomic E-state index is 2.32. The maximum atomic E-state index is 2.32. The van der Waals surface area contributed by atoms with Gasteiger partial charge in [-0.05, 0) is 12.8 Å². The maximum Gasteiger partial charge on any atom is -1.00 e. The summed E-state index contributed by atoms with van der Waals surface area (Å²) in [6.45, 7) is 22.3. The Bertz CT molecular complexity index is 1150. The van der Waals surface area contributed by atoms with Gasteiger partial charge in [-0.15, -0.1) is 68.1 Å². The number of hydrogen-bond acceptors (Lipinski definition) is 0. The van der Waals surface area contributed by atoms with E-state index in [-0.39, 0.29) is 30.2 Å². The Morgan fingerprint density at radius 3 is 1.21 bits per heavy atom. The van der Waals surface area contributed by atoms with Crippen molar-refractivity contribution in [3.63, 3.8) is 0 Å². The summed E-state index contributed by atoms with van der Waals surface area (Å²) < 4.78 is 0. The Hall–Kier alpha value is -0.660. The second kappa shape index (κ2) is 14.8. The molecule has 34 heavy (non-hydrogen) atoms. The number of fused-ring (bicyclic) bond motifs is 2. The van der Waals surface area contributed by atoms with E-state index in [1.165, 1.54) is 66.1 Å². The molecule has 184 valence electrons. The predicted octanol–water partition coefficient (Wildman–Crippen LogP) is 2.89. The molecule has 0 spiro atoms. The van der Waals surface area contributed by atoms with Gasteiger partial charge in [-0.25, -0.2) is 0 Å². The van der Waals surface area contributed by atoms with Gasteiger partial charge in [0.25, 0.3) is 0 Å². The molecular weight excluding hydrogens is 551 g/mol. The van der Waals surface area contributed by atoms with E-state index in [2.05, 4.69) is 105 Å². The van der Waals surface area contributed by atoms with Crippen LogP contribution >= 0.6 is 0 Å². The molecule has 0 heterocycles. The molecule has 4 heteroatoms. The van der Waals surface area contributed by atoms with Crippen LogP contribution in [0.1, 0.15) is 58.4 Å². The molecule has 0 unspecified atom stereocenters. The molecule has 0 aliphatic heterocycles. The molecule has 0 aliphatic rings. The summed E-state index contributed by atoms with van der Waals surface area (Å²) in [5.74, 6) is 0. The molecule has 0 aliphatic carbocycles. The average molecular weight is 591 g/mol. The van der Waals surface area contributed by atoms with Crippen molar-refractivity contribution >= 4 is 27.0 Å². The molecule has 0 atom stereocenters. The van der Waals surface area contributed by atoms with Gasteiger partial charge in [0, 0.05) is 0 Å². The van der Waals surface area contributed by atoms with Crippen LogP contribution in [0.15, 0.2) is 36.4 Å². The molecule has 0 N–H and O–H groups in total. The fraction of sp³-hybridized carbons (Fsp3) is 0.400.